The maximum Gasteiger partial charge on any atom is 0.237 e. The number of aliphatic hydroxyl groups is 1. The molecule has 0 bridgehead atoms. The van der Waals surface area contributed by atoms with Crippen molar-refractivity contribution in [2.45, 2.75) is 38.1 Å². The second-order valence-corrected chi connectivity index (χ2v) is 4.91. The highest BCUT2D eigenvalue weighted by atomic mass is 16.3. The summed E-state index contributed by atoms with van der Waals surface area (Å²) in [4.78, 5) is 11.8. The van der Waals surface area contributed by atoms with Crippen molar-refractivity contribution in [1.82, 2.24) is 5.32 Å². The molecule has 5 nitrogen and oxygen atoms in total. The van der Waals surface area contributed by atoms with E-state index >= 15 is 0 Å². The van der Waals surface area contributed by atoms with E-state index in [-0.39, 0.29) is 18.3 Å². The number of aliphatic hydroxyl groups excluding tert-OH is 1. The Morgan fingerprint density at radius 3 is 2.45 bits per heavy atom. The number of unbranched alkanes of at least 4 members (excludes halogenated alkanes) is 3. The van der Waals surface area contributed by atoms with Crippen molar-refractivity contribution < 1.29 is 15.0 Å². The molecule has 1 aromatic carbocycles. The predicted octanol–water partition coefficient (Wildman–Crippen LogP) is 0.931. The number of nitrogens with one attached hydrogen (secondary N) is 1. The average molecular weight is 280 g/mol. The van der Waals surface area contributed by atoms with Crippen LogP contribution in [0, 0.1) is 0 Å². The molecule has 1 atom stereocenters. The lowest BCUT2D eigenvalue weighted by molar-refractivity contribution is -0.122. The number of phenols is 1. The van der Waals surface area contributed by atoms with Crippen LogP contribution in [0.15, 0.2) is 24.3 Å². The van der Waals surface area contributed by atoms with Gasteiger partial charge in [-0.15, -0.1) is 0 Å². The molecule has 0 aliphatic rings. The molecule has 0 aromatic heterocycles. The maximum atomic E-state index is 11.8. The highest BCUT2D eigenvalue weighted by Crippen LogP contribution is 2.10. The first-order valence-corrected chi connectivity index (χ1v) is 7.05. The van der Waals surface area contributed by atoms with Crippen LogP contribution < -0.4 is 11.1 Å². The van der Waals surface area contributed by atoms with Crippen LogP contribution in [0.1, 0.15) is 31.2 Å². The van der Waals surface area contributed by atoms with Gasteiger partial charge in [0.25, 0.3) is 0 Å². The molecular formula is C15H24N2O3. The highest BCUT2D eigenvalue weighted by molar-refractivity contribution is 5.81. The zero-order chi connectivity index (χ0) is 14.8. The van der Waals surface area contributed by atoms with Gasteiger partial charge in [-0.25, -0.2) is 0 Å². The van der Waals surface area contributed by atoms with Crippen molar-refractivity contribution >= 4 is 5.91 Å². The summed E-state index contributed by atoms with van der Waals surface area (Å²) < 4.78 is 0. The fourth-order valence-electron chi connectivity index (χ4n) is 1.91. The number of aromatic hydroxyl groups is 1. The van der Waals surface area contributed by atoms with Crippen molar-refractivity contribution in [3.63, 3.8) is 0 Å². The topological polar surface area (TPSA) is 95.6 Å². The summed E-state index contributed by atoms with van der Waals surface area (Å²) in [6, 6.07) is 6.12. The molecular weight excluding hydrogens is 256 g/mol. The zero-order valence-electron chi connectivity index (χ0n) is 11.7. The lowest BCUT2D eigenvalue weighted by Crippen LogP contribution is -2.42. The highest BCUT2D eigenvalue weighted by Gasteiger charge is 2.13. The van der Waals surface area contributed by atoms with E-state index in [0.717, 1.165) is 31.2 Å². The molecule has 0 aliphatic carbocycles. The van der Waals surface area contributed by atoms with Crippen molar-refractivity contribution in [2.75, 3.05) is 13.2 Å². The van der Waals surface area contributed by atoms with Crippen LogP contribution in [0.4, 0.5) is 0 Å². The molecule has 5 N–H and O–H groups in total. The normalized spacial score (nSPS) is 12.1. The standard InChI is InChI=1S/C15H24N2O3/c16-14(11-12-5-7-13(19)8-6-12)15(20)17-9-3-1-2-4-10-18/h5-8,14,18-19H,1-4,9-11,16H2,(H,17,20). The number of nitrogens with two attached hydrogens (primary N) is 1. The smallest absolute Gasteiger partial charge is 0.237 e. The molecule has 0 radical (unpaired) electrons. The van der Waals surface area contributed by atoms with Crippen molar-refractivity contribution in [2.24, 2.45) is 5.73 Å². The van der Waals surface area contributed by atoms with Gasteiger partial charge in [-0.2, -0.15) is 0 Å². The molecule has 1 unspecified atom stereocenters. The summed E-state index contributed by atoms with van der Waals surface area (Å²) in [5.41, 5.74) is 6.77. The molecule has 0 heterocycles. The Balaban J connectivity index is 2.20. The lowest BCUT2D eigenvalue weighted by Gasteiger charge is -2.12. The van der Waals surface area contributed by atoms with Gasteiger partial charge < -0.3 is 21.3 Å². The number of benzene rings is 1. The third-order valence-electron chi connectivity index (χ3n) is 3.11. The van der Waals surface area contributed by atoms with Gasteiger partial charge in [0.1, 0.15) is 5.75 Å². The Kier molecular flexibility index (Phi) is 7.69. The van der Waals surface area contributed by atoms with Gasteiger partial charge >= 0.3 is 0 Å². The molecule has 0 saturated carbocycles. The van der Waals surface area contributed by atoms with Gasteiger partial charge in [-0.3, -0.25) is 4.79 Å². The first-order valence-electron chi connectivity index (χ1n) is 7.05. The lowest BCUT2D eigenvalue weighted by atomic mass is 10.1. The van der Waals surface area contributed by atoms with Crippen LogP contribution >= 0.6 is 0 Å². The maximum absolute atomic E-state index is 11.8. The second kappa shape index (κ2) is 9.34. The van der Waals surface area contributed by atoms with Crippen LogP contribution in [0.5, 0.6) is 5.75 Å². The molecule has 1 rings (SSSR count). The Morgan fingerprint density at radius 2 is 1.80 bits per heavy atom. The van der Waals surface area contributed by atoms with Gasteiger partial charge in [0, 0.05) is 13.2 Å². The Bertz CT molecular complexity index is 393. The van der Waals surface area contributed by atoms with Gasteiger partial charge in [-0.1, -0.05) is 25.0 Å². The van der Waals surface area contributed by atoms with E-state index in [0.29, 0.717) is 13.0 Å². The van der Waals surface area contributed by atoms with Crippen molar-refractivity contribution in [1.29, 1.82) is 0 Å². The summed E-state index contributed by atoms with van der Waals surface area (Å²) in [6.07, 6.45) is 4.14. The van der Waals surface area contributed by atoms with E-state index in [2.05, 4.69) is 5.32 Å². The predicted molar refractivity (Wildman–Crippen MR) is 78.3 cm³/mol. The van der Waals surface area contributed by atoms with Crippen LogP contribution in [0.3, 0.4) is 0 Å². The van der Waals surface area contributed by atoms with E-state index in [9.17, 15) is 9.90 Å². The van der Waals surface area contributed by atoms with E-state index in [1.807, 2.05) is 0 Å². The monoisotopic (exact) mass is 280 g/mol. The minimum Gasteiger partial charge on any atom is -0.508 e. The minimum absolute atomic E-state index is 0.153. The summed E-state index contributed by atoms with van der Waals surface area (Å²) >= 11 is 0. The average Bonchev–Trinajstić information content (AvgIpc) is 2.45. The molecule has 5 heteroatoms. The molecule has 20 heavy (non-hydrogen) atoms. The van der Waals surface area contributed by atoms with Gasteiger partial charge in [0.05, 0.1) is 6.04 Å². The molecule has 112 valence electrons. The molecule has 0 spiro atoms. The van der Waals surface area contributed by atoms with Gasteiger partial charge in [-0.05, 0) is 37.0 Å². The molecule has 1 amide bonds. The molecule has 0 aliphatic heterocycles. The summed E-state index contributed by atoms with van der Waals surface area (Å²) in [7, 11) is 0. The first-order chi connectivity index (χ1) is 9.63. The van der Waals surface area contributed by atoms with Crippen LogP contribution in [-0.4, -0.2) is 35.3 Å². The fraction of sp³-hybridized carbons (Fsp3) is 0.533. The number of carbonyl (C=O) groups is 1. The number of rotatable bonds is 9. The molecule has 0 fully saturated rings. The second-order valence-electron chi connectivity index (χ2n) is 4.91. The van der Waals surface area contributed by atoms with Gasteiger partial charge in [0.15, 0.2) is 0 Å². The third-order valence-corrected chi connectivity index (χ3v) is 3.11. The van der Waals surface area contributed by atoms with Crippen LogP contribution in [0.2, 0.25) is 0 Å². The quantitative estimate of drug-likeness (QED) is 0.506. The number of phenolic OH excluding ortho intramolecular Hbond substituents is 1. The number of amides is 1. The fourth-order valence-corrected chi connectivity index (χ4v) is 1.91. The largest absolute Gasteiger partial charge is 0.508 e. The number of hydrogen-bond donors (Lipinski definition) is 4. The molecule has 0 saturated heterocycles. The van der Waals surface area contributed by atoms with Crippen LogP contribution in [-0.2, 0) is 11.2 Å². The summed E-state index contributed by atoms with van der Waals surface area (Å²) in [5, 5.41) is 20.6. The third kappa shape index (κ3) is 6.54. The summed E-state index contributed by atoms with van der Waals surface area (Å²) in [5.74, 6) is 0.0508. The summed E-state index contributed by atoms with van der Waals surface area (Å²) in [6.45, 7) is 0.845. The minimum atomic E-state index is -0.572. The SMILES string of the molecule is NC(Cc1ccc(O)cc1)C(=O)NCCCCCCO. The van der Waals surface area contributed by atoms with E-state index in [1.165, 1.54) is 0 Å². The Morgan fingerprint density at radius 1 is 1.15 bits per heavy atom. The van der Waals surface area contributed by atoms with Crippen molar-refractivity contribution in [3.8, 4) is 5.75 Å². The van der Waals surface area contributed by atoms with E-state index < -0.39 is 6.04 Å². The first kappa shape index (κ1) is 16.5. The zero-order valence-corrected chi connectivity index (χ0v) is 11.7. The Labute approximate surface area is 119 Å². The number of hydrogen-bond acceptors (Lipinski definition) is 4. The van der Waals surface area contributed by atoms with E-state index in [4.69, 9.17) is 10.8 Å². The Hall–Kier alpha value is -1.59. The van der Waals surface area contributed by atoms with E-state index in [1.54, 1.807) is 24.3 Å². The number of carbonyl (C=O) groups excluding carboxylic acids is 1. The van der Waals surface area contributed by atoms with Crippen LogP contribution in [0.25, 0.3) is 0 Å². The molecule has 1 aromatic rings. The van der Waals surface area contributed by atoms with Crippen molar-refractivity contribution in [3.05, 3.63) is 29.8 Å². The van der Waals surface area contributed by atoms with Gasteiger partial charge in [0.2, 0.25) is 5.91 Å².